The average Bonchev–Trinajstić information content (AvgIpc) is 2.38. The number of fused-ring (bicyclic) bond motifs is 1. The Bertz CT molecular complexity index is 511. The summed E-state index contributed by atoms with van der Waals surface area (Å²) in [5.41, 5.74) is 2.14. The van der Waals surface area contributed by atoms with E-state index in [0.717, 1.165) is 16.6 Å². The van der Waals surface area contributed by atoms with Crippen LogP contribution in [0.4, 0.5) is 5.69 Å². The maximum absolute atomic E-state index is 5.25. The Labute approximate surface area is 108 Å². The molecule has 0 fully saturated rings. The Kier molecular flexibility index (Phi) is 4.15. The van der Waals surface area contributed by atoms with Crippen molar-refractivity contribution in [1.29, 1.82) is 0 Å². The molecule has 0 saturated heterocycles. The van der Waals surface area contributed by atoms with Crippen molar-refractivity contribution < 1.29 is 4.74 Å². The van der Waals surface area contributed by atoms with Gasteiger partial charge in [-0.2, -0.15) is 0 Å². The molecule has 3 nitrogen and oxygen atoms in total. The van der Waals surface area contributed by atoms with Crippen LogP contribution in [-0.4, -0.2) is 24.7 Å². The Morgan fingerprint density at radius 3 is 2.83 bits per heavy atom. The third kappa shape index (κ3) is 2.99. The molecule has 0 aliphatic carbocycles. The van der Waals surface area contributed by atoms with Gasteiger partial charge < -0.3 is 10.1 Å². The van der Waals surface area contributed by atoms with Crippen LogP contribution in [0.15, 0.2) is 36.5 Å². The van der Waals surface area contributed by atoms with Crippen LogP contribution in [0.25, 0.3) is 10.9 Å². The van der Waals surface area contributed by atoms with E-state index in [2.05, 4.69) is 42.3 Å². The van der Waals surface area contributed by atoms with Crippen molar-refractivity contribution in [1.82, 2.24) is 4.98 Å². The number of nitrogens with zero attached hydrogens (tertiary/aromatic N) is 1. The van der Waals surface area contributed by atoms with Gasteiger partial charge in [0.25, 0.3) is 0 Å². The molecule has 0 radical (unpaired) electrons. The van der Waals surface area contributed by atoms with Gasteiger partial charge >= 0.3 is 0 Å². The van der Waals surface area contributed by atoms with Crippen molar-refractivity contribution in [3.05, 3.63) is 36.5 Å². The smallest absolute Gasteiger partial charge is 0.0703 e. The third-order valence-corrected chi connectivity index (χ3v) is 3.11. The summed E-state index contributed by atoms with van der Waals surface area (Å²) in [6.45, 7) is 5.10. The highest BCUT2D eigenvalue weighted by atomic mass is 16.5. The van der Waals surface area contributed by atoms with E-state index in [-0.39, 0.29) is 0 Å². The van der Waals surface area contributed by atoms with Gasteiger partial charge in [-0.05, 0) is 30.2 Å². The summed E-state index contributed by atoms with van der Waals surface area (Å²) < 4.78 is 5.25. The SMILES string of the molecule is COCC(Nc1ccc2ncccc2c1)C(C)C. The van der Waals surface area contributed by atoms with Crippen molar-refractivity contribution in [3.63, 3.8) is 0 Å². The van der Waals surface area contributed by atoms with Crippen LogP contribution >= 0.6 is 0 Å². The summed E-state index contributed by atoms with van der Waals surface area (Å²) in [6.07, 6.45) is 1.82. The van der Waals surface area contributed by atoms with Gasteiger partial charge in [-0.25, -0.2) is 0 Å². The predicted octanol–water partition coefficient (Wildman–Crippen LogP) is 3.32. The van der Waals surface area contributed by atoms with Crippen LogP contribution < -0.4 is 5.32 Å². The Hall–Kier alpha value is -1.61. The van der Waals surface area contributed by atoms with E-state index in [1.165, 1.54) is 0 Å². The lowest BCUT2D eigenvalue weighted by molar-refractivity contribution is 0.171. The molecule has 0 amide bonds. The number of methoxy groups -OCH3 is 1. The molecule has 18 heavy (non-hydrogen) atoms. The first-order valence-corrected chi connectivity index (χ1v) is 6.31. The van der Waals surface area contributed by atoms with E-state index in [9.17, 15) is 0 Å². The van der Waals surface area contributed by atoms with Crippen LogP contribution in [0.1, 0.15) is 13.8 Å². The predicted molar refractivity (Wildman–Crippen MR) is 75.9 cm³/mol. The first kappa shape index (κ1) is 12.8. The van der Waals surface area contributed by atoms with E-state index in [1.54, 1.807) is 7.11 Å². The molecule has 1 N–H and O–H groups in total. The van der Waals surface area contributed by atoms with Gasteiger partial charge in [-0.1, -0.05) is 19.9 Å². The molecule has 2 aromatic rings. The van der Waals surface area contributed by atoms with Crippen molar-refractivity contribution in [2.45, 2.75) is 19.9 Å². The normalized spacial score (nSPS) is 12.9. The molecule has 2 rings (SSSR count). The number of anilines is 1. The average molecular weight is 244 g/mol. The van der Waals surface area contributed by atoms with E-state index < -0.39 is 0 Å². The molecule has 0 aliphatic rings. The molecule has 0 aliphatic heterocycles. The fourth-order valence-corrected chi connectivity index (χ4v) is 1.96. The highest BCUT2D eigenvalue weighted by molar-refractivity contribution is 5.82. The van der Waals surface area contributed by atoms with Gasteiger partial charge in [-0.3, -0.25) is 4.98 Å². The second kappa shape index (κ2) is 5.83. The van der Waals surface area contributed by atoms with Gasteiger partial charge in [0.15, 0.2) is 0 Å². The molecular formula is C15H20N2O. The summed E-state index contributed by atoms with van der Waals surface area (Å²) in [6, 6.07) is 10.6. The van der Waals surface area contributed by atoms with Gasteiger partial charge in [0, 0.05) is 24.4 Å². The summed E-state index contributed by atoms with van der Waals surface area (Å²) in [7, 11) is 1.74. The monoisotopic (exact) mass is 244 g/mol. The molecule has 1 aromatic heterocycles. The Balaban J connectivity index is 2.20. The van der Waals surface area contributed by atoms with E-state index in [1.807, 2.05) is 18.3 Å². The fraction of sp³-hybridized carbons (Fsp3) is 0.400. The molecule has 3 heteroatoms. The van der Waals surface area contributed by atoms with Crippen LogP contribution in [0.2, 0.25) is 0 Å². The van der Waals surface area contributed by atoms with Crippen molar-refractivity contribution >= 4 is 16.6 Å². The molecule has 1 atom stereocenters. The largest absolute Gasteiger partial charge is 0.383 e. The lowest BCUT2D eigenvalue weighted by atomic mass is 10.0. The van der Waals surface area contributed by atoms with Crippen LogP contribution in [0, 0.1) is 5.92 Å². The fourth-order valence-electron chi connectivity index (χ4n) is 1.96. The molecule has 1 heterocycles. The highest BCUT2D eigenvalue weighted by Gasteiger charge is 2.12. The van der Waals surface area contributed by atoms with E-state index in [4.69, 9.17) is 4.74 Å². The molecule has 1 aromatic carbocycles. The molecule has 0 saturated carbocycles. The van der Waals surface area contributed by atoms with E-state index >= 15 is 0 Å². The van der Waals surface area contributed by atoms with Gasteiger partial charge in [0.2, 0.25) is 0 Å². The van der Waals surface area contributed by atoms with Gasteiger partial charge in [0.05, 0.1) is 18.2 Å². The molecule has 96 valence electrons. The highest BCUT2D eigenvalue weighted by Crippen LogP contribution is 2.19. The van der Waals surface area contributed by atoms with E-state index in [0.29, 0.717) is 18.6 Å². The van der Waals surface area contributed by atoms with Crippen LogP contribution in [0.3, 0.4) is 0 Å². The Morgan fingerprint density at radius 2 is 2.11 bits per heavy atom. The molecule has 0 spiro atoms. The first-order valence-electron chi connectivity index (χ1n) is 6.31. The number of aromatic nitrogens is 1. The zero-order chi connectivity index (χ0) is 13.0. The first-order chi connectivity index (χ1) is 8.70. The Morgan fingerprint density at radius 1 is 1.28 bits per heavy atom. The standard InChI is InChI=1S/C15H20N2O/c1-11(2)15(10-18-3)17-13-6-7-14-12(9-13)5-4-8-16-14/h4-9,11,15,17H,10H2,1-3H3. The summed E-state index contributed by atoms with van der Waals surface area (Å²) in [5.74, 6) is 0.523. The number of hydrogen-bond acceptors (Lipinski definition) is 3. The van der Waals surface area contributed by atoms with Crippen molar-refractivity contribution in [2.24, 2.45) is 5.92 Å². The van der Waals surface area contributed by atoms with Gasteiger partial charge in [-0.15, -0.1) is 0 Å². The number of hydrogen-bond donors (Lipinski definition) is 1. The number of ether oxygens (including phenoxy) is 1. The quantitative estimate of drug-likeness (QED) is 0.876. The maximum Gasteiger partial charge on any atom is 0.0703 e. The number of pyridine rings is 1. The minimum Gasteiger partial charge on any atom is -0.383 e. The topological polar surface area (TPSA) is 34.1 Å². The third-order valence-electron chi connectivity index (χ3n) is 3.11. The molecule has 1 unspecified atom stereocenters. The maximum atomic E-state index is 5.25. The second-order valence-electron chi connectivity index (χ2n) is 4.86. The summed E-state index contributed by atoms with van der Waals surface area (Å²) in [4.78, 5) is 4.32. The molecule has 0 bridgehead atoms. The summed E-state index contributed by atoms with van der Waals surface area (Å²) in [5, 5.41) is 4.67. The number of nitrogens with one attached hydrogen (secondary N) is 1. The summed E-state index contributed by atoms with van der Waals surface area (Å²) >= 11 is 0. The number of benzene rings is 1. The lowest BCUT2D eigenvalue weighted by Gasteiger charge is -2.22. The van der Waals surface area contributed by atoms with Gasteiger partial charge in [0.1, 0.15) is 0 Å². The lowest BCUT2D eigenvalue weighted by Crippen LogP contribution is -2.30. The minimum absolute atomic E-state index is 0.323. The second-order valence-corrected chi connectivity index (χ2v) is 4.86. The van der Waals surface area contributed by atoms with Crippen LogP contribution in [-0.2, 0) is 4.74 Å². The zero-order valence-electron chi connectivity index (χ0n) is 11.2. The van der Waals surface area contributed by atoms with Crippen molar-refractivity contribution in [2.75, 3.05) is 19.0 Å². The minimum atomic E-state index is 0.323. The number of rotatable bonds is 5. The van der Waals surface area contributed by atoms with Crippen LogP contribution in [0.5, 0.6) is 0 Å². The zero-order valence-corrected chi connectivity index (χ0v) is 11.2. The van der Waals surface area contributed by atoms with Crippen molar-refractivity contribution in [3.8, 4) is 0 Å². The molecular weight excluding hydrogens is 224 g/mol.